The number of rotatable bonds is 4. The maximum atomic E-state index is 12.8. The molecule has 0 atom stereocenters. The molecule has 0 bridgehead atoms. The van der Waals surface area contributed by atoms with Gasteiger partial charge in [0.25, 0.3) is 0 Å². The molecule has 0 saturated carbocycles. The van der Waals surface area contributed by atoms with Crippen molar-refractivity contribution in [3.05, 3.63) is 29.6 Å². The van der Waals surface area contributed by atoms with Gasteiger partial charge in [0.05, 0.1) is 12.7 Å². The highest BCUT2D eigenvalue weighted by atomic mass is 19.1. The van der Waals surface area contributed by atoms with Crippen LogP contribution in [0.15, 0.2) is 18.2 Å². The molecule has 76 valence electrons. The van der Waals surface area contributed by atoms with Crippen LogP contribution in [0.25, 0.3) is 0 Å². The molecule has 0 spiro atoms. The van der Waals surface area contributed by atoms with Crippen LogP contribution in [0.5, 0.6) is 5.75 Å². The Morgan fingerprint density at radius 2 is 2.29 bits per heavy atom. The Morgan fingerprint density at radius 1 is 1.57 bits per heavy atom. The van der Waals surface area contributed by atoms with E-state index in [1.165, 1.54) is 19.2 Å². The highest BCUT2D eigenvalue weighted by Gasteiger charge is 2.12. The Balaban J connectivity index is 3.03. The van der Waals surface area contributed by atoms with Crippen LogP contribution >= 0.6 is 0 Å². The molecular formula is C10H12FNO2. The summed E-state index contributed by atoms with van der Waals surface area (Å²) >= 11 is 0. The van der Waals surface area contributed by atoms with E-state index >= 15 is 0 Å². The Labute approximate surface area is 81.7 Å². The second-order valence-corrected chi connectivity index (χ2v) is 2.81. The van der Waals surface area contributed by atoms with Crippen LogP contribution in [0.1, 0.15) is 16.8 Å². The topological polar surface area (TPSA) is 52.3 Å². The number of hydrogen-bond donors (Lipinski definition) is 1. The summed E-state index contributed by atoms with van der Waals surface area (Å²) < 4.78 is 17.8. The summed E-state index contributed by atoms with van der Waals surface area (Å²) in [4.78, 5) is 11.4. The quantitative estimate of drug-likeness (QED) is 0.741. The highest BCUT2D eigenvalue weighted by molar-refractivity contribution is 5.98. The largest absolute Gasteiger partial charge is 0.496 e. The van der Waals surface area contributed by atoms with E-state index in [1.54, 1.807) is 0 Å². The summed E-state index contributed by atoms with van der Waals surface area (Å²) in [6, 6.07) is 3.84. The van der Waals surface area contributed by atoms with Crippen LogP contribution in [-0.2, 0) is 0 Å². The van der Waals surface area contributed by atoms with Gasteiger partial charge in [-0.25, -0.2) is 4.39 Å². The van der Waals surface area contributed by atoms with Gasteiger partial charge in [-0.1, -0.05) is 0 Å². The standard InChI is InChI=1S/C10H12FNO2/c1-14-10-3-2-7(11)6-8(10)9(13)4-5-12/h2-3,6H,4-5,12H2,1H3. The van der Waals surface area contributed by atoms with E-state index in [1.807, 2.05) is 0 Å². The minimum Gasteiger partial charge on any atom is -0.496 e. The number of carbonyl (C=O) groups excluding carboxylic acids is 1. The van der Waals surface area contributed by atoms with Gasteiger partial charge in [-0.15, -0.1) is 0 Å². The molecule has 0 aromatic heterocycles. The minimum absolute atomic E-state index is 0.194. The summed E-state index contributed by atoms with van der Waals surface area (Å²) in [7, 11) is 1.44. The van der Waals surface area contributed by atoms with Gasteiger partial charge >= 0.3 is 0 Å². The molecule has 0 unspecified atom stereocenters. The Kier molecular flexibility index (Phi) is 3.59. The summed E-state index contributed by atoms with van der Waals surface area (Å²) in [5.74, 6) is -0.278. The molecule has 0 aliphatic heterocycles. The molecule has 0 saturated heterocycles. The number of halogens is 1. The first-order chi connectivity index (χ1) is 6.69. The van der Waals surface area contributed by atoms with Gasteiger partial charge in [-0.3, -0.25) is 4.79 Å². The van der Waals surface area contributed by atoms with Crippen molar-refractivity contribution in [3.8, 4) is 5.75 Å². The van der Waals surface area contributed by atoms with E-state index in [-0.39, 0.29) is 24.3 Å². The van der Waals surface area contributed by atoms with E-state index < -0.39 is 5.82 Å². The molecular weight excluding hydrogens is 185 g/mol. The number of methoxy groups -OCH3 is 1. The maximum absolute atomic E-state index is 12.8. The lowest BCUT2D eigenvalue weighted by molar-refractivity contribution is 0.0982. The van der Waals surface area contributed by atoms with Crippen LogP contribution in [0.3, 0.4) is 0 Å². The van der Waals surface area contributed by atoms with Crippen LogP contribution in [0.2, 0.25) is 0 Å². The average Bonchev–Trinajstić information content (AvgIpc) is 2.18. The fraction of sp³-hybridized carbons (Fsp3) is 0.300. The molecule has 0 heterocycles. The Hall–Kier alpha value is -1.42. The van der Waals surface area contributed by atoms with Crippen molar-refractivity contribution >= 4 is 5.78 Å². The third-order valence-corrected chi connectivity index (χ3v) is 1.83. The van der Waals surface area contributed by atoms with Crippen molar-refractivity contribution in [1.29, 1.82) is 0 Å². The molecule has 1 aromatic rings. The third-order valence-electron chi connectivity index (χ3n) is 1.83. The van der Waals surface area contributed by atoms with Gasteiger partial charge < -0.3 is 10.5 Å². The molecule has 0 aliphatic carbocycles. The van der Waals surface area contributed by atoms with Crippen LogP contribution in [-0.4, -0.2) is 19.4 Å². The van der Waals surface area contributed by atoms with Crippen molar-refractivity contribution in [2.24, 2.45) is 5.73 Å². The first kappa shape index (κ1) is 10.7. The monoisotopic (exact) mass is 197 g/mol. The molecule has 0 amide bonds. The van der Waals surface area contributed by atoms with Crippen molar-refractivity contribution in [1.82, 2.24) is 0 Å². The molecule has 0 aliphatic rings. The van der Waals surface area contributed by atoms with Crippen LogP contribution < -0.4 is 10.5 Å². The summed E-state index contributed by atoms with van der Waals surface area (Å²) in [6.45, 7) is 0.249. The zero-order valence-corrected chi connectivity index (χ0v) is 7.92. The molecule has 1 rings (SSSR count). The van der Waals surface area contributed by atoms with E-state index in [2.05, 4.69) is 0 Å². The van der Waals surface area contributed by atoms with E-state index in [9.17, 15) is 9.18 Å². The van der Waals surface area contributed by atoms with Crippen molar-refractivity contribution < 1.29 is 13.9 Å². The first-order valence-corrected chi connectivity index (χ1v) is 4.26. The molecule has 0 radical (unpaired) electrons. The predicted octanol–water partition coefficient (Wildman–Crippen LogP) is 1.37. The number of benzene rings is 1. The number of Topliss-reactive ketones (excluding diaryl/α,β-unsaturated/α-hetero) is 1. The lowest BCUT2D eigenvalue weighted by atomic mass is 10.1. The number of nitrogens with two attached hydrogens (primary N) is 1. The zero-order valence-electron chi connectivity index (χ0n) is 7.92. The fourth-order valence-electron chi connectivity index (χ4n) is 1.16. The minimum atomic E-state index is -0.453. The van der Waals surface area contributed by atoms with Crippen molar-refractivity contribution in [3.63, 3.8) is 0 Å². The molecule has 4 heteroatoms. The second kappa shape index (κ2) is 4.72. The van der Waals surface area contributed by atoms with Gasteiger partial charge in [0.1, 0.15) is 11.6 Å². The van der Waals surface area contributed by atoms with Gasteiger partial charge in [0.15, 0.2) is 5.78 Å². The Bertz CT molecular complexity index is 339. The number of ketones is 1. The first-order valence-electron chi connectivity index (χ1n) is 4.26. The molecule has 3 nitrogen and oxygen atoms in total. The Morgan fingerprint density at radius 3 is 2.86 bits per heavy atom. The normalized spacial score (nSPS) is 9.93. The second-order valence-electron chi connectivity index (χ2n) is 2.81. The zero-order chi connectivity index (χ0) is 10.6. The smallest absolute Gasteiger partial charge is 0.167 e. The summed E-state index contributed by atoms with van der Waals surface area (Å²) in [6.07, 6.45) is 0.194. The predicted molar refractivity (Wildman–Crippen MR) is 51.0 cm³/mol. The fourth-order valence-corrected chi connectivity index (χ4v) is 1.16. The molecule has 14 heavy (non-hydrogen) atoms. The lowest BCUT2D eigenvalue weighted by Crippen LogP contribution is -2.09. The van der Waals surface area contributed by atoms with E-state index in [0.29, 0.717) is 5.75 Å². The SMILES string of the molecule is COc1ccc(F)cc1C(=O)CCN. The van der Waals surface area contributed by atoms with E-state index in [4.69, 9.17) is 10.5 Å². The average molecular weight is 197 g/mol. The lowest BCUT2D eigenvalue weighted by Gasteiger charge is -2.06. The molecule has 1 aromatic carbocycles. The highest BCUT2D eigenvalue weighted by Crippen LogP contribution is 2.20. The van der Waals surface area contributed by atoms with Crippen LogP contribution in [0, 0.1) is 5.82 Å². The summed E-state index contributed by atoms with van der Waals surface area (Å²) in [5.41, 5.74) is 5.49. The number of ether oxygens (including phenoxy) is 1. The number of carbonyl (C=O) groups is 1. The summed E-state index contributed by atoms with van der Waals surface area (Å²) in [5, 5.41) is 0. The van der Waals surface area contributed by atoms with Gasteiger partial charge in [0, 0.05) is 6.42 Å². The van der Waals surface area contributed by atoms with Gasteiger partial charge in [0.2, 0.25) is 0 Å². The third kappa shape index (κ3) is 2.29. The number of hydrogen-bond acceptors (Lipinski definition) is 3. The van der Waals surface area contributed by atoms with Crippen molar-refractivity contribution in [2.45, 2.75) is 6.42 Å². The molecule has 2 N–H and O–H groups in total. The van der Waals surface area contributed by atoms with Crippen LogP contribution in [0.4, 0.5) is 4.39 Å². The van der Waals surface area contributed by atoms with Gasteiger partial charge in [-0.05, 0) is 24.7 Å². The van der Waals surface area contributed by atoms with E-state index in [0.717, 1.165) is 6.07 Å². The maximum Gasteiger partial charge on any atom is 0.167 e. The van der Waals surface area contributed by atoms with Gasteiger partial charge in [-0.2, -0.15) is 0 Å². The van der Waals surface area contributed by atoms with Crippen molar-refractivity contribution in [2.75, 3.05) is 13.7 Å². The molecule has 0 fully saturated rings.